The fraction of sp³-hybridized carbons (Fsp3) is 0.529. The molecule has 0 bridgehead atoms. The number of aryl methyl sites for hydroxylation is 1. The number of benzene rings is 1. The first-order valence-electron chi connectivity index (χ1n) is 7.82. The summed E-state index contributed by atoms with van der Waals surface area (Å²) in [6.07, 6.45) is 3.33. The van der Waals surface area contributed by atoms with Gasteiger partial charge in [0.15, 0.2) is 6.04 Å². The molecule has 0 aromatic heterocycles. The van der Waals surface area contributed by atoms with Crippen molar-refractivity contribution in [3.63, 3.8) is 0 Å². The maximum Gasteiger partial charge on any atom is 0.328 e. The molecule has 1 heterocycles. The minimum absolute atomic E-state index is 0.0555. The lowest BCUT2D eigenvalue weighted by molar-refractivity contribution is -0.158. The number of rotatable bonds is 3. The monoisotopic (exact) mass is 303 g/mol. The van der Waals surface area contributed by atoms with Gasteiger partial charge in [0.05, 0.1) is 13.2 Å². The van der Waals surface area contributed by atoms with E-state index >= 15 is 0 Å². The van der Waals surface area contributed by atoms with E-state index in [1.807, 2.05) is 6.07 Å². The average molecular weight is 303 g/mol. The van der Waals surface area contributed by atoms with Crippen LogP contribution in [-0.4, -0.2) is 47.7 Å². The first-order chi connectivity index (χ1) is 10.6. The molecular formula is C17H21NO4. The van der Waals surface area contributed by atoms with Crippen LogP contribution in [0.15, 0.2) is 24.3 Å². The molecule has 0 saturated carbocycles. The number of carbonyl (C=O) groups excluding carboxylic acids is 1. The average Bonchev–Trinajstić information content (AvgIpc) is 2.54. The van der Waals surface area contributed by atoms with Crippen LogP contribution >= 0.6 is 0 Å². The quantitative estimate of drug-likeness (QED) is 0.919. The summed E-state index contributed by atoms with van der Waals surface area (Å²) in [7, 11) is 0. The lowest BCUT2D eigenvalue weighted by Crippen LogP contribution is -2.53. The Kier molecular flexibility index (Phi) is 4.43. The molecule has 1 aromatic rings. The maximum atomic E-state index is 12.5. The Hall–Kier alpha value is -1.88. The second kappa shape index (κ2) is 6.48. The van der Waals surface area contributed by atoms with Gasteiger partial charge in [-0.15, -0.1) is 0 Å². The van der Waals surface area contributed by atoms with Gasteiger partial charge in [0.2, 0.25) is 5.91 Å². The van der Waals surface area contributed by atoms with E-state index in [0.29, 0.717) is 25.5 Å². The number of morpholine rings is 1. The second-order valence-corrected chi connectivity index (χ2v) is 6.10. The van der Waals surface area contributed by atoms with Crippen LogP contribution < -0.4 is 0 Å². The van der Waals surface area contributed by atoms with Gasteiger partial charge >= 0.3 is 5.97 Å². The summed E-state index contributed by atoms with van der Waals surface area (Å²) in [6.45, 7) is 0.886. The number of amides is 1. The van der Waals surface area contributed by atoms with Crippen molar-refractivity contribution < 1.29 is 19.4 Å². The van der Waals surface area contributed by atoms with Crippen LogP contribution in [0.1, 0.15) is 24.0 Å². The third-order valence-electron chi connectivity index (χ3n) is 4.65. The van der Waals surface area contributed by atoms with Crippen LogP contribution in [0.3, 0.4) is 0 Å². The number of aliphatic carboxylic acids is 1. The Morgan fingerprint density at radius 3 is 2.82 bits per heavy atom. The van der Waals surface area contributed by atoms with E-state index in [1.165, 1.54) is 16.0 Å². The minimum atomic E-state index is -0.984. The summed E-state index contributed by atoms with van der Waals surface area (Å²) in [4.78, 5) is 25.2. The van der Waals surface area contributed by atoms with Gasteiger partial charge in [0.25, 0.3) is 0 Å². The summed E-state index contributed by atoms with van der Waals surface area (Å²) in [5.41, 5.74) is 2.70. The highest BCUT2D eigenvalue weighted by Gasteiger charge is 2.34. The molecule has 3 rings (SSSR count). The Balaban J connectivity index is 1.63. The molecule has 0 spiro atoms. The molecule has 1 aliphatic heterocycles. The van der Waals surface area contributed by atoms with Crippen LogP contribution in [0.5, 0.6) is 0 Å². The highest BCUT2D eigenvalue weighted by molar-refractivity contribution is 5.84. The summed E-state index contributed by atoms with van der Waals surface area (Å²) in [5, 5.41) is 9.22. The molecule has 2 unspecified atom stereocenters. The zero-order valence-corrected chi connectivity index (χ0v) is 12.5. The first-order valence-corrected chi connectivity index (χ1v) is 7.82. The number of hydrogen-bond acceptors (Lipinski definition) is 3. The van der Waals surface area contributed by atoms with Crippen molar-refractivity contribution in [2.45, 2.75) is 31.7 Å². The lowest BCUT2D eigenvalue weighted by atomic mass is 9.82. The van der Waals surface area contributed by atoms with E-state index in [0.717, 1.165) is 19.3 Å². The molecular weight excluding hydrogens is 282 g/mol. The van der Waals surface area contributed by atoms with Crippen molar-refractivity contribution in [2.75, 3.05) is 19.8 Å². The molecule has 1 fully saturated rings. The van der Waals surface area contributed by atoms with Gasteiger partial charge < -0.3 is 14.7 Å². The number of fused-ring (bicyclic) bond motifs is 1. The van der Waals surface area contributed by atoms with E-state index in [-0.39, 0.29) is 12.5 Å². The fourth-order valence-corrected chi connectivity index (χ4v) is 3.42. The summed E-state index contributed by atoms with van der Waals surface area (Å²) >= 11 is 0. The summed E-state index contributed by atoms with van der Waals surface area (Å²) < 4.78 is 5.19. The molecule has 2 atom stereocenters. The van der Waals surface area contributed by atoms with Gasteiger partial charge in [0.1, 0.15) is 0 Å². The molecule has 118 valence electrons. The molecule has 1 saturated heterocycles. The van der Waals surface area contributed by atoms with E-state index in [1.54, 1.807) is 0 Å². The van der Waals surface area contributed by atoms with E-state index in [2.05, 4.69) is 18.2 Å². The van der Waals surface area contributed by atoms with E-state index < -0.39 is 12.0 Å². The number of nitrogens with zero attached hydrogens (tertiary/aromatic N) is 1. The Morgan fingerprint density at radius 2 is 2.05 bits per heavy atom. The van der Waals surface area contributed by atoms with Gasteiger partial charge in [0, 0.05) is 13.0 Å². The highest BCUT2D eigenvalue weighted by Crippen LogP contribution is 2.28. The van der Waals surface area contributed by atoms with Gasteiger partial charge in [-0.25, -0.2) is 4.79 Å². The zero-order chi connectivity index (χ0) is 15.5. The van der Waals surface area contributed by atoms with Crippen LogP contribution in [0.4, 0.5) is 0 Å². The second-order valence-electron chi connectivity index (χ2n) is 6.10. The SMILES string of the molecule is O=C(O)C1COCCN1C(=O)CC1CCc2ccccc2C1. The zero-order valence-electron chi connectivity index (χ0n) is 12.5. The number of ether oxygens (including phenoxy) is 1. The standard InChI is InChI=1S/C17H21NO4/c19-16(18-7-8-22-11-15(18)17(20)21)10-12-5-6-13-3-1-2-4-14(13)9-12/h1-4,12,15H,5-11H2,(H,20,21). The van der Waals surface area contributed by atoms with Crippen LogP contribution in [0, 0.1) is 5.92 Å². The topological polar surface area (TPSA) is 66.8 Å². The van der Waals surface area contributed by atoms with Gasteiger partial charge in [-0.05, 0) is 36.3 Å². The first kappa shape index (κ1) is 15.0. The van der Waals surface area contributed by atoms with Crippen molar-refractivity contribution in [1.82, 2.24) is 4.90 Å². The van der Waals surface area contributed by atoms with E-state index in [4.69, 9.17) is 4.74 Å². The van der Waals surface area contributed by atoms with Gasteiger partial charge in [-0.2, -0.15) is 0 Å². The Labute approximate surface area is 129 Å². The molecule has 1 amide bonds. The number of hydrogen-bond donors (Lipinski definition) is 1. The number of carboxylic acids is 1. The minimum Gasteiger partial charge on any atom is -0.480 e. The largest absolute Gasteiger partial charge is 0.480 e. The molecule has 1 aliphatic carbocycles. The predicted molar refractivity (Wildman–Crippen MR) is 80.5 cm³/mol. The molecule has 22 heavy (non-hydrogen) atoms. The van der Waals surface area contributed by atoms with E-state index in [9.17, 15) is 14.7 Å². The molecule has 1 aromatic carbocycles. The van der Waals surface area contributed by atoms with Crippen molar-refractivity contribution in [2.24, 2.45) is 5.92 Å². The molecule has 5 heteroatoms. The molecule has 2 aliphatic rings. The summed E-state index contributed by atoms with van der Waals surface area (Å²) in [6, 6.07) is 7.52. The van der Waals surface area contributed by atoms with Crippen molar-refractivity contribution >= 4 is 11.9 Å². The third-order valence-corrected chi connectivity index (χ3v) is 4.65. The van der Waals surface area contributed by atoms with Gasteiger partial charge in [-0.3, -0.25) is 4.79 Å². The highest BCUT2D eigenvalue weighted by atomic mass is 16.5. The van der Waals surface area contributed by atoms with Crippen molar-refractivity contribution in [3.05, 3.63) is 35.4 Å². The maximum absolute atomic E-state index is 12.5. The van der Waals surface area contributed by atoms with Crippen LogP contribution in [0.25, 0.3) is 0 Å². The fourth-order valence-electron chi connectivity index (χ4n) is 3.42. The van der Waals surface area contributed by atoms with Crippen LogP contribution in [-0.2, 0) is 27.2 Å². The lowest BCUT2D eigenvalue weighted by Gasteiger charge is -2.34. The number of carboxylic acid groups (broad SMARTS) is 1. The van der Waals surface area contributed by atoms with Crippen LogP contribution in [0.2, 0.25) is 0 Å². The molecule has 5 nitrogen and oxygen atoms in total. The smallest absolute Gasteiger partial charge is 0.328 e. The number of carbonyl (C=O) groups is 2. The Morgan fingerprint density at radius 1 is 1.27 bits per heavy atom. The van der Waals surface area contributed by atoms with Crippen molar-refractivity contribution in [1.29, 1.82) is 0 Å². The Bertz CT molecular complexity index is 572. The molecule has 0 radical (unpaired) electrons. The normalized spacial score (nSPS) is 24.6. The predicted octanol–water partition coefficient (Wildman–Crippen LogP) is 1.49. The third kappa shape index (κ3) is 3.14. The van der Waals surface area contributed by atoms with Gasteiger partial charge in [-0.1, -0.05) is 24.3 Å². The molecule has 1 N–H and O–H groups in total. The summed E-state index contributed by atoms with van der Waals surface area (Å²) in [5.74, 6) is -0.734. The van der Waals surface area contributed by atoms with Crippen molar-refractivity contribution in [3.8, 4) is 0 Å².